The molecule has 2 nitrogen and oxygen atoms in total. The molecule has 0 aliphatic carbocycles. The predicted octanol–water partition coefficient (Wildman–Crippen LogP) is 2.79. The van der Waals surface area contributed by atoms with Gasteiger partial charge in [0, 0.05) is 4.88 Å². The van der Waals surface area contributed by atoms with Crippen molar-refractivity contribution in [3.63, 3.8) is 0 Å². The van der Waals surface area contributed by atoms with E-state index in [1.807, 2.05) is 31.4 Å². The van der Waals surface area contributed by atoms with Crippen LogP contribution in [0.4, 0.5) is 8.63 Å². The molecule has 0 aromatic carbocycles. The lowest BCUT2D eigenvalue weighted by Crippen LogP contribution is -2.43. The number of nitrogens with one attached hydrogen (secondary N) is 1. The molecule has 0 bridgehead atoms. The average Bonchev–Trinajstić information content (AvgIpc) is 2.68. The Hall–Kier alpha value is -0.905. The first-order chi connectivity index (χ1) is 7.99. The number of thiophene rings is 1. The Kier molecular flexibility index (Phi) is 5.61. The van der Waals surface area contributed by atoms with Gasteiger partial charge < -0.3 is 5.32 Å². The molecule has 0 aliphatic rings. The van der Waals surface area contributed by atoms with Crippen molar-refractivity contribution in [2.24, 2.45) is 5.92 Å². The number of halogens is 2. The Bertz CT molecular complexity index is 343. The average molecular weight is 259 g/mol. The number of carbonyl (C=O) groups excluding carboxylic acids is 1. The van der Waals surface area contributed by atoms with Crippen molar-refractivity contribution >= 4 is 24.5 Å². The second-order valence-electron chi connectivity index (χ2n) is 4.39. The third-order valence-corrected chi connectivity index (χ3v) is 3.17. The second-order valence-corrected chi connectivity index (χ2v) is 5.43. The van der Waals surface area contributed by atoms with Crippen molar-refractivity contribution in [1.82, 2.24) is 5.32 Å². The number of rotatable bonds is 6. The van der Waals surface area contributed by atoms with E-state index in [2.05, 4.69) is 5.32 Å². The summed E-state index contributed by atoms with van der Waals surface area (Å²) in [6.07, 6.45) is 0.479. The first-order valence-electron chi connectivity index (χ1n) is 5.59. The van der Waals surface area contributed by atoms with Crippen LogP contribution in [0.2, 0.25) is 0 Å². The molecule has 0 saturated carbocycles. The van der Waals surface area contributed by atoms with E-state index in [1.54, 1.807) is 0 Å². The topological polar surface area (TPSA) is 29.1 Å². The van der Waals surface area contributed by atoms with Crippen LogP contribution in [0.1, 0.15) is 25.1 Å². The van der Waals surface area contributed by atoms with E-state index >= 15 is 0 Å². The summed E-state index contributed by atoms with van der Waals surface area (Å²) in [5, 5.41) is 4.27. The Balaban J connectivity index is 2.46. The molecule has 0 aliphatic heterocycles. The molecule has 1 aromatic rings. The Morgan fingerprint density at radius 3 is 2.71 bits per heavy atom. The smallest absolute Gasteiger partial charge is 0.354 e. The van der Waals surface area contributed by atoms with Crippen molar-refractivity contribution in [1.29, 1.82) is 0 Å². The number of hydrogen-bond acceptors (Lipinski definition) is 2. The van der Waals surface area contributed by atoms with E-state index < -0.39 is 13.2 Å². The summed E-state index contributed by atoms with van der Waals surface area (Å²) < 4.78 is 25.4. The normalized spacial score (nSPS) is 12.5. The molecule has 94 valence electrons. The minimum atomic E-state index is -2.51. The van der Waals surface area contributed by atoms with Crippen molar-refractivity contribution in [2.75, 3.05) is 0 Å². The van der Waals surface area contributed by atoms with E-state index in [0.717, 1.165) is 4.88 Å². The Morgan fingerprint density at radius 2 is 2.24 bits per heavy atom. The van der Waals surface area contributed by atoms with Gasteiger partial charge in [-0.25, -0.2) is 0 Å². The Morgan fingerprint density at radius 1 is 1.53 bits per heavy atom. The predicted molar refractivity (Wildman–Crippen MR) is 67.4 cm³/mol. The molecule has 1 rings (SSSR count). The molecule has 0 spiro atoms. The van der Waals surface area contributed by atoms with Crippen molar-refractivity contribution in [3.05, 3.63) is 22.4 Å². The van der Waals surface area contributed by atoms with Gasteiger partial charge in [-0.15, -0.1) is 11.3 Å². The molecule has 0 radical (unpaired) electrons. The van der Waals surface area contributed by atoms with Crippen LogP contribution in [0.3, 0.4) is 0 Å². The van der Waals surface area contributed by atoms with E-state index in [0.29, 0.717) is 6.42 Å². The molecule has 0 unspecified atom stereocenters. The van der Waals surface area contributed by atoms with Gasteiger partial charge in [0.2, 0.25) is 5.91 Å². The van der Waals surface area contributed by atoms with Gasteiger partial charge >= 0.3 is 7.27 Å². The Labute approximate surface area is 105 Å². The van der Waals surface area contributed by atoms with Gasteiger partial charge in [0.1, 0.15) is 0 Å². The van der Waals surface area contributed by atoms with E-state index in [4.69, 9.17) is 0 Å². The lowest BCUT2D eigenvalue weighted by molar-refractivity contribution is -0.120. The third-order valence-electron chi connectivity index (χ3n) is 2.29. The van der Waals surface area contributed by atoms with Gasteiger partial charge in [0.15, 0.2) is 0 Å². The minimum absolute atomic E-state index is 0.135. The first kappa shape index (κ1) is 14.2. The van der Waals surface area contributed by atoms with Crippen LogP contribution in [0.5, 0.6) is 0 Å². The highest BCUT2D eigenvalue weighted by atomic mass is 32.1. The van der Waals surface area contributed by atoms with E-state index in [-0.39, 0.29) is 18.2 Å². The zero-order chi connectivity index (χ0) is 12.8. The maximum absolute atomic E-state index is 12.7. The lowest BCUT2D eigenvalue weighted by Gasteiger charge is -2.17. The number of hydrogen-bond donors (Lipinski definition) is 1. The van der Waals surface area contributed by atoms with E-state index in [1.165, 1.54) is 11.3 Å². The van der Waals surface area contributed by atoms with Gasteiger partial charge in [-0.3, -0.25) is 13.4 Å². The molecule has 0 saturated heterocycles. The monoisotopic (exact) mass is 259 g/mol. The maximum Gasteiger partial charge on any atom is 0.559 e. The van der Waals surface area contributed by atoms with Crippen LogP contribution in [0.15, 0.2) is 17.5 Å². The zero-order valence-corrected chi connectivity index (χ0v) is 10.8. The molecular formula is C11H16BF2NOS. The van der Waals surface area contributed by atoms with Crippen LogP contribution in [0.25, 0.3) is 0 Å². The highest BCUT2D eigenvalue weighted by molar-refractivity contribution is 7.10. The fourth-order valence-corrected chi connectivity index (χ4v) is 2.27. The fourth-order valence-electron chi connectivity index (χ4n) is 1.56. The molecule has 6 heteroatoms. The summed E-state index contributed by atoms with van der Waals surface area (Å²) in [5.41, 5.74) is 0. The molecule has 1 amide bonds. The van der Waals surface area contributed by atoms with Crippen LogP contribution in [-0.4, -0.2) is 19.1 Å². The van der Waals surface area contributed by atoms with Gasteiger partial charge in [0.05, 0.1) is 12.4 Å². The maximum atomic E-state index is 12.7. The molecule has 17 heavy (non-hydrogen) atoms. The molecule has 1 N–H and O–H groups in total. The summed E-state index contributed by atoms with van der Waals surface area (Å²) in [7, 11) is -2.51. The highest BCUT2D eigenvalue weighted by Gasteiger charge is 2.29. The highest BCUT2D eigenvalue weighted by Crippen LogP contribution is 2.12. The summed E-state index contributed by atoms with van der Waals surface area (Å²) in [6.45, 7) is 3.72. The number of carbonyl (C=O) groups is 1. The zero-order valence-electron chi connectivity index (χ0n) is 9.95. The number of amides is 1. The van der Waals surface area contributed by atoms with Crippen LogP contribution in [0, 0.1) is 5.92 Å². The van der Waals surface area contributed by atoms with Crippen LogP contribution >= 0.6 is 11.3 Å². The molecule has 0 fully saturated rings. The first-order valence-corrected chi connectivity index (χ1v) is 6.47. The van der Waals surface area contributed by atoms with Crippen molar-refractivity contribution in [3.8, 4) is 0 Å². The molecule has 1 heterocycles. The van der Waals surface area contributed by atoms with Crippen LogP contribution < -0.4 is 5.32 Å². The summed E-state index contributed by atoms with van der Waals surface area (Å²) >= 11 is 1.45. The minimum Gasteiger partial charge on any atom is -0.354 e. The second kappa shape index (κ2) is 6.74. The summed E-state index contributed by atoms with van der Waals surface area (Å²) in [6, 6.07) is 3.66. The largest absolute Gasteiger partial charge is 0.559 e. The third kappa shape index (κ3) is 5.30. The van der Waals surface area contributed by atoms with Gasteiger partial charge in [-0.05, 0) is 23.8 Å². The van der Waals surface area contributed by atoms with Crippen LogP contribution in [-0.2, 0) is 11.2 Å². The van der Waals surface area contributed by atoms with Gasteiger partial charge in [-0.1, -0.05) is 19.9 Å². The molecular weight excluding hydrogens is 243 g/mol. The quantitative estimate of drug-likeness (QED) is 0.782. The van der Waals surface area contributed by atoms with Crippen molar-refractivity contribution in [2.45, 2.75) is 32.6 Å². The lowest BCUT2D eigenvalue weighted by atomic mass is 9.80. The molecule has 1 aromatic heterocycles. The molecule has 1 atom stereocenters. The summed E-state index contributed by atoms with van der Waals surface area (Å²) in [5.74, 6) is -1.24. The van der Waals surface area contributed by atoms with Gasteiger partial charge in [0.25, 0.3) is 0 Å². The fraction of sp³-hybridized carbons (Fsp3) is 0.545. The van der Waals surface area contributed by atoms with E-state index in [9.17, 15) is 13.4 Å². The SMILES string of the molecule is CC(C)C[C@@H](NC(=O)Cc1cccs1)B(F)F. The summed E-state index contributed by atoms with van der Waals surface area (Å²) in [4.78, 5) is 12.5. The van der Waals surface area contributed by atoms with Gasteiger partial charge in [-0.2, -0.15) is 0 Å². The standard InChI is InChI=1S/C11H16BF2NOS/c1-8(2)6-10(12(13)14)15-11(16)7-9-4-3-5-17-9/h3-5,8,10H,6-7H2,1-2H3,(H,15,16)/t10-/m1/s1. The van der Waals surface area contributed by atoms with Crippen molar-refractivity contribution < 1.29 is 13.4 Å².